The third-order valence-corrected chi connectivity index (χ3v) is 5.35. The molecule has 2 heterocycles. The molecule has 1 N–H and O–H groups in total. The second-order valence-electron chi connectivity index (χ2n) is 7.63. The van der Waals surface area contributed by atoms with E-state index in [1.165, 1.54) is 0 Å². The van der Waals surface area contributed by atoms with Crippen molar-refractivity contribution >= 4 is 17.4 Å². The SMILES string of the molecule is O=C(Nc1ccc(N2CCN(Cc3ccc(C(F)(F)F)cc3)CC2)nc1)C1CC1. The number of alkyl halides is 3. The molecular weight excluding hydrogens is 381 g/mol. The Morgan fingerprint density at radius 3 is 2.28 bits per heavy atom. The van der Waals surface area contributed by atoms with Gasteiger partial charge in [-0.05, 0) is 42.7 Å². The summed E-state index contributed by atoms with van der Waals surface area (Å²) >= 11 is 0. The highest BCUT2D eigenvalue weighted by atomic mass is 19.4. The molecular formula is C21H23F3N4O. The fourth-order valence-corrected chi connectivity index (χ4v) is 3.43. The van der Waals surface area contributed by atoms with Gasteiger partial charge in [0.15, 0.2) is 0 Å². The molecule has 1 aliphatic heterocycles. The zero-order valence-corrected chi connectivity index (χ0v) is 16.0. The van der Waals surface area contributed by atoms with Gasteiger partial charge in [0.1, 0.15) is 5.82 Å². The Morgan fingerprint density at radius 1 is 1.03 bits per heavy atom. The molecule has 1 amide bonds. The number of rotatable bonds is 5. The summed E-state index contributed by atoms with van der Waals surface area (Å²) in [7, 11) is 0. The van der Waals surface area contributed by atoms with Crippen molar-refractivity contribution in [3.05, 3.63) is 53.7 Å². The standard InChI is InChI=1S/C21H23F3N4O/c22-21(23,24)17-5-1-15(2-6-17)14-27-9-11-28(12-10-27)19-8-7-18(13-25-19)26-20(29)16-3-4-16/h1-2,5-8,13,16H,3-4,9-12,14H2,(H,26,29). The molecule has 1 aromatic carbocycles. The molecule has 0 radical (unpaired) electrons. The molecule has 154 valence electrons. The highest BCUT2D eigenvalue weighted by Crippen LogP contribution is 2.30. The fraction of sp³-hybridized carbons (Fsp3) is 0.429. The summed E-state index contributed by atoms with van der Waals surface area (Å²) in [5, 5.41) is 2.88. The van der Waals surface area contributed by atoms with Crippen LogP contribution in [0, 0.1) is 5.92 Å². The van der Waals surface area contributed by atoms with Crippen LogP contribution in [-0.4, -0.2) is 42.0 Å². The molecule has 0 bridgehead atoms. The lowest BCUT2D eigenvalue weighted by Gasteiger charge is -2.35. The van der Waals surface area contributed by atoms with Gasteiger partial charge in [-0.1, -0.05) is 12.1 Å². The molecule has 29 heavy (non-hydrogen) atoms. The van der Waals surface area contributed by atoms with Gasteiger partial charge in [-0.15, -0.1) is 0 Å². The van der Waals surface area contributed by atoms with E-state index in [1.807, 2.05) is 12.1 Å². The van der Waals surface area contributed by atoms with Crippen molar-refractivity contribution in [2.75, 3.05) is 36.4 Å². The van der Waals surface area contributed by atoms with Gasteiger partial charge in [0.05, 0.1) is 17.4 Å². The van der Waals surface area contributed by atoms with E-state index in [4.69, 9.17) is 0 Å². The lowest BCUT2D eigenvalue weighted by atomic mass is 10.1. The number of hydrogen-bond donors (Lipinski definition) is 1. The van der Waals surface area contributed by atoms with Crippen molar-refractivity contribution in [3.8, 4) is 0 Å². The minimum atomic E-state index is -4.30. The van der Waals surface area contributed by atoms with E-state index in [2.05, 4.69) is 20.1 Å². The second-order valence-corrected chi connectivity index (χ2v) is 7.63. The van der Waals surface area contributed by atoms with Crippen LogP contribution >= 0.6 is 0 Å². The summed E-state index contributed by atoms with van der Waals surface area (Å²) < 4.78 is 38.0. The molecule has 1 aliphatic carbocycles. The summed E-state index contributed by atoms with van der Waals surface area (Å²) in [4.78, 5) is 20.7. The van der Waals surface area contributed by atoms with Crippen LogP contribution in [0.15, 0.2) is 42.6 Å². The van der Waals surface area contributed by atoms with Crippen molar-refractivity contribution in [2.24, 2.45) is 5.92 Å². The highest BCUT2D eigenvalue weighted by molar-refractivity contribution is 5.93. The number of nitrogens with one attached hydrogen (secondary N) is 1. The molecule has 2 aromatic rings. The van der Waals surface area contributed by atoms with Crippen LogP contribution in [0.4, 0.5) is 24.7 Å². The van der Waals surface area contributed by atoms with Gasteiger partial charge >= 0.3 is 6.18 Å². The molecule has 4 rings (SSSR count). The largest absolute Gasteiger partial charge is 0.416 e. The third kappa shape index (κ3) is 5.06. The van der Waals surface area contributed by atoms with Crippen molar-refractivity contribution in [2.45, 2.75) is 25.6 Å². The Bertz CT molecular complexity index is 840. The Hall–Kier alpha value is -2.61. The number of benzene rings is 1. The van der Waals surface area contributed by atoms with Crippen LogP contribution < -0.4 is 10.2 Å². The van der Waals surface area contributed by atoms with Crippen molar-refractivity contribution in [3.63, 3.8) is 0 Å². The van der Waals surface area contributed by atoms with Crippen LogP contribution in [0.3, 0.4) is 0 Å². The van der Waals surface area contributed by atoms with E-state index in [9.17, 15) is 18.0 Å². The average molecular weight is 404 g/mol. The normalized spacial score (nSPS) is 18.0. The first kappa shape index (κ1) is 19.7. The summed E-state index contributed by atoms with van der Waals surface area (Å²) in [5.74, 6) is 1.09. The fourth-order valence-electron chi connectivity index (χ4n) is 3.43. The molecule has 1 saturated heterocycles. The van der Waals surface area contributed by atoms with Crippen LogP contribution in [0.2, 0.25) is 0 Å². The predicted octanol–water partition coefficient (Wildman–Crippen LogP) is 3.77. The zero-order valence-electron chi connectivity index (χ0n) is 16.0. The average Bonchev–Trinajstić information content (AvgIpc) is 3.54. The predicted molar refractivity (Wildman–Crippen MR) is 105 cm³/mol. The number of nitrogens with zero attached hydrogens (tertiary/aromatic N) is 3. The molecule has 1 saturated carbocycles. The minimum Gasteiger partial charge on any atom is -0.354 e. The highest BCUT2D eigenvalue weighted by Gasteiger charge is 2.30. The first-order chi connectivity index (χ1) is 13.9. The Balaban J connectivity index is 1.27. The molecule has 0 spiro atoms. The first-order valence-electron chi connectivity index (χ1n) is 9.79. The number of aromatic nitrogens is 1. The lowest BCUT2D eigenvalue weighted by Crippen LogP contribution is -2.46. The zero-order chi connectivity index (χ0) is 20.4. The van der Waals surface area contributed by atoms with Crippen LogP contribution in [-0.2, 0) is 17.5 Å². The minimum absolute atomic E-state index is 0.0661. The van der Waals surface area contributed by atoms with Crippen LogP contribution in [0.25, 0.3) is 0 Å². The van der Waals surface area contributed by atoms with Gasteiger partial charge in [0, 0.05) is 38.6 Å². The monoisotopic (exact) mass is 404 g/mol. The summed E-state index contributed by atoms with van der Waals surface area (Å²) in [6.45, 7) is 3.83. The van der Waals surface area contributed by atoms with E-state index < -0.39 is 11.7 Å². The lowest BCUT2D eigenvalue weighted by molar-refractivity contribution is -0.137. The first-order valence-corrected chi connectivity index (χ1v) is 9.79. The van der Waals surface area contributed by atoms with Gasteiger partial charge in [0.2, 0.25) is 5.91 Å². The van der Waals surface area contributed by atoms with Crippen LogP contribution in [0.1, 0.15) is 24.0 Å². The Kier molecular flexibility index (Phi) is 5.45. The maximum absolute atomic E-state index is 12.7. The number of pyridine rings is 1. The van der Waals surface area contributed by atoms with Crippen molar-refractivity contribution in [1.82, 2.24) is 9.88 Å². The third-order valence-electron chi connectivity index (χ3n) is 5.35. The summed E-state index contributed by atoms with van der Waals surface area (Å²) in [6, 6.07) is 9.15. The Morgan fingerprint density at radius 2 is 1.72 bits per heavy atom. The molecule has 2 aliphatic rings. The smallest absolute Gasteiger partial charge is 0.354 e. The van der Waals surface area contributed by atoms with Gasteiger partial charge in [-0.3, -0.25) is 9.69 Å². The molecule has 8 heteroatoms. The van der Waals surface area contributed by atoms with E-state index >= 15 is 0 Å². The van der Waals surface area contributed by atoms with Gasteiger partial charge in [-0.25, -0.2) is 4.98 Å². The number of carbonyl (C=O) groups excluding carboxylic acids is 1. The molecule has 0 atom stereocenters. The number of hydrogen-bond acceptors (Lipinski definition) is 4. The van der Waals surface area contributed by atoms with E-state index in [-0.39, 0.29) is 11.8 Å². The maximum atomic E-state index is 12.7. The quantitative estimate of drug-likeness (QED) is 0.824. The van der Waals surface area contributed by atoms with Gasteiger partial charge in [0.25, 0.3) is 0 Å². The Labute approximate surface area is 167 Å². The molecule has 1 aromatic heterocycles. The van der Waals surface area contributed by atoms with Crippen molar-refractivity contribution in [1.29, 1.82) is 0 Å². The molecule has 5 nitrogen and oxygen atoms in total. The summed E-state index contributed by atoms with van der Waals surface area (Å²) in [6.07, 6.45) is -0.681. The van der Waals surface area contributed by atoms with Crippen LogP contribution in [0.5, 0.6) is 0 Å². The van der Waals surface area contributed by atoms with E-state index in [0.717, 1.165) is 62.5 Å². The van der Waals surface area contributed by atoms with Gasteiger partial charge < -0.3 is 10.2 Å². The number of amides is 1. The molecule has 2 fully saturated rings. The number of halogens is 3. The molecule has 0 unspecified atom stereocenters. The number of piperazine rings is 1. The summed E-state index contributed by atoms with van der Waals surface area (Å²) in [5.41, 5.74) is 0.973. The number of anilines is 2. The topological polar surface area (TPSA) is 48.5 Å². The van der Waals surface area contributed by atoms with Crippen molar-refractivity contribution < 1.29 is 18.0 Å². The maximum Gasteiger partial charge on any atom is 0.416 e. The van der Waals surface area contributed by atoms with E-state index in [0.29, 0.717) is 12.2 Å². The van der Waals surface area contributed by atoms with E-state index in [1.54, 1.807) is 18.3 Å². The number of carbonyl (C=O) groups is 1. The second kappa shape index (κ2) is 8.02. The van der Waals surface area contributed by atoms with Gasteiger partial charge in [-0.2, -0.15) is 13.2 Å².